The van der Waals surface area contributed by atoms with Crippen LogP contribution in [0.2, 0.25) is 0 Å². The molecule has 2 heteroatoms. The molecule has 180 valence electrons. The van der Waals surface area contributed by atoms with E-state index in [2.05, 4.69) is 155 Å². The zero-order valence-electron chi connectivity index (χ0n) is 20.9. The summed E-state index contributed by atoms with van der Waals surface area (Å²) in [4.78, 5) is 2.54. The van der Waals surface area contributed by atoms with Crippen LogP contribution in [0.5, 0.6) is 0 Å². The van der Waals surface area contributed by atoms with Crippen molar-refractivity contribution in [3.8, 4) is 16.8 Å². The maximum absolute atomic E-state index is 2.54. The molecule has 2 aliphatic rings. The Balaban J connectivity index is 1.39. The first-order valence-electron chi connectivity index (χ1n) is 13.3. The third-order valence-corrected chi connectivity index (χ3v) is 8.14. The molecule has 1 aliphatic carbocycles. The van der Waals surface area contributed by atoms with E-state index in [4.69, 9.17) is 0 Å². The van der Waals surface area contributed by atoms with Gasteiger partial charge in [0.1, 0.15) is 0 Å². The maximum atomic E-state index is 2.54. The Bertz CT molecular complexity index is 1850. The van der Waals surface area contributed by atoms with Crippen LogP contribution in [-0.2, 0) is 0 Å². The lowest BCUT2D eigenvalue weighted by Crippen LogP contribution is -2.28. The first-order chi connectivity index (χ1) is 18.9. The molecule has 6 aromatic rings. The van der Waals surface area contributed by atoms with Gasteiger partial charge in [0.15, 0.2) is 0 Å². The van der Waals surface area contributed by atoms with Gasteiger partial charge in [-0.2, -0.15) is 0 Å². The number of hydrogen-bond acceptors (Lipinski definition) is 1. The molecule has 5 aromatic carbocycles. The molecule has 8 rings (SSSR count). The molecular formula is C36H26N2. The minimum Gasteiger partial charge on any atom is -0.333 e. The van der Waals surface area contributed by atoms with Crippen LogP contribution in [0.15, 0.2) is 146 Å². The van der Waals surface area contributed by atoms with E-state index >= 15 is 0 Å². The number of hydrogen-bond donors (Lipinski definition) is 0. The molecule has 1 aromatic heterocycles. The molecule has 0 bridgehead atoms. The molecule has 0 saturated heterocycles. The van der Waals surface area contributed by atoms with E-state index in [1.54, 1.807) is 0 Å². The van der Waals surface area contributed by atoms with Crippen LogP contribution in [-0.4, -0.2) is 10.6 Å². The standard InChI is InChI=1S/C36H26N2/c1-7-19-31-25(13-1)26-14-2-8-20-32(26)37(31)35-23-11-5-17-29(35)30-18-6-12-24-36(30)38-33-21-9-3-15-27(33)28-16-4-10-22-34(28)38/h1-25,31H. The monoisotopic (exact) mass is 486 g/mol. The number of rotatable bonds is 3. The second-order valence-corrected chi connectivity index (χ2v) is 10.1. The summed E-state index contributed by atoms with van der Waals surface area (Å²) in [6.07, 6.45) is 9.07. The third kappa shape index (κ3) is 3.01. The summed E-state index contributed by atoms with van der Waals surface area (Å²) in [6.45, 7) is 0. The third-order valence-electron chi connectivity index (χ3n) is 8.14. The minimum absolute atomic E-state index is 0.263. The van der Waals surface area contributed by atoms with Crippen LogP contribution in [0.3, 0.4) is 0 Å². The first kappa shape index (κ1) is 21.3. The summed E-state index contributed by atoms with van der Waals surface area (Å²) >= 11 is 0. The van der Waals surface area contributed by atoms with Crippen molar-refractivity contribution in [1.82, 2.24) is 4.57 Å². The van der Waals surface area contributed by atoms with Crippen molar-refractivity contribution in [2.45, 2.75) is 12.0 Å². The number of fused-ring (bicyclic) bond motifs is 6. The van der Waals surface area contributed by atoms with Crippen molar-refractivity contribution in [1.29, 1.82) is 0 Å². The number of nitrogens with zero attached hydrogens (tertiary/aromatic N) is 2. The Hall–Kier alpha value is -4.82. The van der Waals surface area contributed by atoms with E-state index in [0.717, 1.165) is 0 Å². The Morgan fingerprint density at radius 3 is 1.71 bits per heavy atom. The zero-order chi connectivity index (χ0) is 25.1. The molecule has 2 heterocycles. The normalized spacial score (nSPS) is 17.7. The maximum Gasteiger partial charge on any atom is 0.0629 e. The van der Waals surface area contributed by atoms with E-state index in [-0.39, 0.29) is 6.04 Å². The van der Waals surface area contributed by atoms with Crippen molar-refractivity contribution in [3.63, 3.8) is 0 Å². The highest BCUT2D eigenvalue weighted by Crippen LogP contribution is 2.50. The number of allylic oxidation sites excluding steroid dienone is 2. The van der Waals surface area contributed by atoms with Crippen LogP contribution in [0.4, 0.5) is 11.4 Å². The number of para-hydroxylation sites is 5. The molecule has 0 spiro atoms. The van der Waals surface area contributed by atoms with Gasteiger partial charge >= 0.3 is 0 Å². The Kier molecular flexibility index (Phi) is 4.68. The van der Waals surface area contributed by atoms with Crippen molar-refractivity contribution in [2.24, 2.45) is 0 Å². The van der Waals surface area contributed by atoms with Crippen LogP contribution >= 0.6 is 0 Å². The van der Waals surface area contributed by atoms with Crippen LogP contribution in [0.25, 0.3) is 38.6 Å². The minimum atomic E-state index is 0.263. The average molecular weight is 487 g/mol. The molecule has 2 atom stereocenters. The molecule has 0 fully saturated rings. The lowest BCUT2D eigenvalue weighted by atomic mass is 9.91. The highest BCUT2D eigenvalue weighted by Gasteiger charge is 2.38. The molecule has 0 N–H and O–H groups in total. The quantitative estimate of drug-likeness (QED) is 0.242. The molecule has 0 radical (unpaired) electrons. The lowest BCUT2D eigenvalue weighted by molar-refractivity contribution is 0.745. The SMILES string of the molecule is C1=CC2c3ccccc3N(c3ccccc3-c3ccccc3-n3c4ccccc4c4ccccc43)C2C=C1. The van der Waals surface area contributed by atoms with Crippen LogP contribution < -0.4 is 4.90 Å². The largest absolute Gasteiger partial charge is 0.333 e. The second-order valence-electron chi connectivity index (χ2n) is 10.1. The fourth-order valence-corrected chi connectivity index (χ4v) is 6.56. The highest BCUT2D eigenvalue weighted by molar-refractivity contribution is 6.10. The summed E-state index contributed by atoms with van der Waals surface area (Å²) in [5.74, 6) is 0.358. The Morgan fingerprint density at radius 2 is 0.974 bits per heavy atom. The molecule has 1 aliphatic heterocycles. The van der Waals surface area contributed by atoms with E-state index < -0.39 is 0 Å². The predicted octanol–water partition coefficient (Wildman–Crippen LogP) is 9.18. The summed E-state index contributed by atoms with van der Waals surface area (Å²) in [7, 11) is 0. The second kappa shape index (κ2) is 8.36. The molecule has 2 unspecified atom stereocenters. The number of aromatic nitrogens is 1. The van der Waals surface area contributed by atoms with Gasteiger partial charge in [-0.15, -0.1) is 0 Å². The molecule has 0 amide bonds. The van der Waals surface area contributed by atoms with Crippen molar-refractivity contribution in [3.05, 3.63) is 151 Å². The molecular weight excluding hydrogens is 460 g/mol. The highest BCUT2D eigenvalue weighted by atomic mass is 15.2. The fourth-order valence-electron chi connectivity index (χ4n) is 6.56. The molecule has 38 heavy (non-hydrogen) atoms. The van der Waals surface area contributed by atoms with E-state index in [1.165, 1.54) is 55.6 Å². The van der Waals surface area contributed by atoms with Gasteiger partial charge in [-0.25, -0.2) is 0 Å². The lowest BCUT2D eigenvalue weighted by Gasteiger charge is -2.31. The van der Waals surface area contributed by atoms with Crippen molar-refractivity contribution in [2.75, 3.05) is 4.90 Å². The average Bonchev–Trinajstić information content (AvgIpc) is 3.50. The summed E-state index contributed by atoms with van der Waals surface area (Å²) in [6, 6.07) is 44.3. The number of benzene rings is 5. The van der Waals surface area contributed by atoms with Gasteiger partial charge in [0.05, 0.1) is 22.8 Å². The predicted molar refractivity (Wildman–Crippen MR) is 160 cm³/mol. The van der Waals surface area contributed by atoms with Gasteiger partial charge in [-0.3, -0.25) is 0 Å². The summed E-state index contributed by atoms with van der Waals surface area (Å²) in [5.41, 5.74) is 10.0. The van der Waals surface area contributed by atoms with E-state index in [0.29, 0.717) is 5.92 Å². The van der Waals surface area contributed by atoms with E-state index in [1.807, 2.05) is 0 Å². The van der Waals surface area contributed by atoms with Crippen molar-refractivity contribution >= 4 is 33.2 Å². The first-order valence-corrected chi connectivity index (χ1v) is 13.3. The van der Waals surface area contributed by atoms with Gasteiger partial charge < -0.3 is 9.47 Å². The van der Waals surface area contributed by atoms with E-state index in [9.17, 15) is 0 Å². The number of anilines is 2. The molecule has 2 nitrogen and oxygen atoms in total. The topological polar surface area (TPSA) is 8.17 Å². The van der Waals surface area contributed by atoms with Gasteiger partial charge in [0.2, 0.25) is 0 Å². The Labute approximate surface area is 222 Å². The van der Waals surface area contributed by atoms with Gasteiger partial charge in [-0.05, 0) is 35.9 Å². The summed E-state index contributed by atoms with van der Waals surface area (Å²) in [5, 5.41) is 2.56. The fraction of sp³-hybridized carbons (Fsp3) is 0.0556. The Morgan fingerprint density at radius 1 is 0.447 bits per heavy atom. The molecule has 0 saturated carbocycles. The zero-order valence-corrected chi connectivity index (χ0v) is 20.9. The summed E-state index contributed by atoms with van der Waals surface area (Å²) < 4.78 is 2.43. The van der Waals surface area contributed by atoms with Crippen LogP contribution in [0.1, 0.15) is 11.5 Å². The van der Waals surface area contributed by atoms with Crippen molar-refractivity contribution < 1.29 is 0 Å². The van der Waals surface area contributed by atoms with Crippen LogP contribution in [0, 0.1) is 0 Å². The van der Waals surface area contributed by atoms with Gasteiger partial charge in [0, 0.05) is 39.2 Å². The van der Waals surface area contributed by atoms with Gasteiger partial charge in [-0.1, -0.05) is 115 Å². The smallest absolute Gasteiger partial charge is 0.0629 e. The van der Waals surface area contributed by atoms with Gasteiger partial charge in [0.25, 0.3) is 0 Å².